The van der Waals surface area contributed by atoms with Crippen LogP contribution in [0, 0.1) is 5.82 Å². The van der Waals surface area contributed by atoms with E-state index in [9.17, 15) is 9.18 Å². The molecule has 5 nitrogen and oxygen atoms in total. The molecule has 27 heavy (non-hydrogen) atoms. The van der Waals surface area contributed by atoms with Gasteiger partial charge in [-0.25, -0.2) is 4.39 Å². The van der Waals surface area contributed by atoms with E-state index in [1.165, 1.54) is 12.1 Å². The van der Waals surface area contributed by atoms with Gasteiger partial charge in [0.25, 0.3) is 5.91 Å². The fourth-order valence-corrected chi connectivity index (χ4v) is 2.42. The lowest BCUT2D eigenvalue weighted by molar-refractivity contribution is 0.0956. The number of carbonyl (C=O) groups is 1. The Kier molecular flexibility index (Phi) is 10.4. The molecule has 0 heterocycles. The Morgan fingerprint density at radius 3 is 2.19 bits per heavy atom. The number of nitrogens with zero attached hydrogens (tertiary/aromatic N) is 1. The predicted octanol–water partition coefficient (Wildman–Crippen LogP) is 3.10. The van der Waals surface area contributed by atoms with Crippen molar-refractivity contribution in [3.63, 3.8) is 0 Å². The fraction of sp³-hybridized carbons (Fsp3) is 0.300. The van der Waals surface area contributed by atoms with Crippen LogP contribution < -0.4 is 16.0 Å². The molecule has 2 aromatic carbocycles. The smallest absolute Gasteiger partial charge is 0.251 e. The number of carbonyl (C=O) groups excluding carboxylic acids is 1. The van der Waals surface area contributed by atoms with Crippen LogP contribution in [-0.2, 0) is 13.0 Å². The van der Waals surface area contributed by atoms with Gasteiger partial charge in [0.2, 0.25) is 0 Å². The van der Waals surface area contributed by atoms with E-state index < -0.39 is 0 Å². The van der Waals surface area contributed by atoms with Gasteiger partial charge in [0.15, 0.2) is 5.96 Å². The predicted molar refractivity (Wildman–Crippen MR) is 118 cm³/mol. The molecule has 0 bridgehead atoms. The van der Waals surface area contributed by atoms with Crippen molar-refractivity contribution >= 4 is 35.8 Å². The molecule has 2 aromatic rings. The molecule has 0 saturated heterocycles. The van der Waals surface area contributed by atoms with E-state index in [-0.39, 0.29) is 35.7 Å². The Morgan fingerprint density at radius 2 is 1.59 bits per heavy atom. The largest absolute Gasteiger partial charge is 0.356 e. The van der Waals surface area contributed by atoms with Gasteiger partial charge in [0.1, 0.15) is 5.82 Å². The molecule has 0 aliphatic carbocycles. The van der Waals surface area contributed by atoms with E-state index in [0.717, 1.165) is 17.5 Å². The van der Waals surface area contributed by atoms with Gasteiger partial charge in [-0.15, -0.1) is 24.0 Å². The zero-order valence-corrected chi connectivity index (χ0v) is 17.9. The molecule has 0 saturated carbocycles. The summed E-state index contributed by atoms with van der Waals surface area (Å²) in [5.74, 6) is 0.405. The van der Waals surface area contributed by atoms with Crippen LogP contribution in [0.5, 0.6) is 0 Å². The van der Waals surface area contributed by atoms with Crippen LogP contribution in [-0.4, -0.2) is 32.0 Å². The minimum absolute atomic E-state index is 0. The normalized spacial score (nSPS) is 10.7. The molecule has 0 spiro atoms. The summed E-state index contributed by atoms with van der Waals surface area (Å²) in [6.07, 6.45) is 0.780. The van der Waals surface area contributed by atoms with Gasteiger partial charge in [0, 0.05) is 32.2 Å². The van der Waals surface area contributed by atoms with Gasteiger partial charge >= 0.3 is 0 Å². The van der Waals surface area contributed by atoms with Crippen molar-refractivity contribution in [3.05, 3.63) is 71.0 Å². The quantitative estimate of drug-likeness (QED) is 0.322. The van der Waals surface area contributed by atoms with E-state index in [1.54, 1.807) is 19.2 Å². The fourth-order valence-electron chi connectivity index (χ4n) is 2.42. The summed E-state index contributed by atoms with van der Waals surface area (Å²) in [4.78, 5) is 15.9. The van der Waals surface area contributed by atoms with Crippen molar-refractivity contribution < 1.29 is 9.18 Å². The van der Waals surface area contributed by atoms with Crippen LogP contribution in [0.3, 0.4) is 0 Å². The zero-order valence-electron chi connectivity index (χ0n) is 15.6. The molecule has 7 heteroatoms. The summed E-state index contributed by atoms with van der Waals surface area (Å²) < 4.78 is 12.9. The standard InChI is InChI=1S/C20H25FN4O.HI/c1-3-23-19(26)17-8-4-16(5-9-17)14-25-20(22-2)24-13-12-15-6-10-18(21)11-7-15;/h4-11H,3,12-14H2,1-2H3,(H,23,26)(H2,22,24,25);1H. The third kappa shape index (κ3) is 7.94. The Balaban J connectivity index is 0.00000364. The maximum absolute atomic E-state index is 12.9. The number of hydrogen-bond acceptors (Lipinski definition) is 2. The third-order valence-corrected chi connectivity index (χ3v) is 3.86. The zero-order chi connectivity index (χ0) is 18.8. The first-order valence-electron chi connectivity index (χ1n) is 8.68. The number of halogens is 2. The van der Waals surface area contributed by atoms with Crippen LogP contribution in [0.2, 0.25) is 0 Å². The maximum atomic E-state index is 12.9. The van der Waals surface area contributed by atoms with Crippen LogP contribution in [0.4, 0.5) is 4.39 Å². The number of nitrogens with one attached hydrogen (secondary N) is 3. The average Bonchev–Trinajstić information content (AvgIpc) is 2.66. The van der Waals surface area contributed by atoms with Crippen molar-refractivity contribution in [2.24, 2.45) is 4.99 Å². The summed E-state index contributed by atoms with van der Waals surface area (Å²) in [5.41, 5.74) is 2.77. The topological polar surface area (TPSA) is 65.5 Å². The number of aliphatic imine (C=N–C) groups is 1. The molecule has 0 aliphatic heterocycles. The highest BCUT2D eigenvalue weighted by Crippen LogP contribution is 2.05. The number of hydrogen-bond donors (Lipinski definition) is 3. The molecule has 1 amide bonds. The van der Waals surface area contributed by atoms with E-state index in [4.69, 9.17) is 0 Å². The Labute approximate surface area is 176 Å². The van der Waals surface area contributed by atoms with Crippen LogP contribution in [0.1, 0.15) is 28.4 Å². The molecule has 0 radical (unpaired) electrons. The lowest BCUT2D eigenvalue weighted by atomic mass is 10.1. The first kappa shape index (κ1) is 22.9. The molecule has 3 N–H and O–H groups in total. The summed E-state index contributed by atoms with van der Waals surface area (Å²) in [6, 6.07) is 14.0. The minimum Gasteiger partial charge on any atom is -0.356 e. The number of amides is 1. The second kappa shape index (κ2) is 12.3. The minimum atomic E-state index is -0.225. The van der Waals surface area contributed by atoms with E-state index in [1.807, 2.05) is 31.2 Å². The molecule has 0 fully saturated rings. The summed E-state index contributed by atoms with van der Waals surface area (Å²) in [6.45, 7) is 3.81. The van der Waals surface area contributed by atoms with E-state index >= 15 is 0 Å². The number of guanidine groups is 1. The summed E-state index contributed by atoms with van der Waals surface area (Å²) in [7, 11) is 1.71. The van der Waals surface area contributed by atoms with Crippen LogP contribution in [0.15, 0.2) is 53.5 Å². The number of rotatable bonds is 7. The first-order chi connectivity index (χ1) is 12.6. The highest BCUT2D eigenvalue weighted by molar-refractivity contribution is 14.0. The monoisotopic (exact) mass is 484 g/mol. The second-order valence-corrected chi connectivity index (χ2v) is 5.79. The Hall–Kier alpha value is -2.16. The molecule has 0 aromatic heterocycles. The highest BCUT2D eigenvalue weighted by Gasteiger charge is 2.04. The van der Waals surface area contributed by atoms with E-state index in [0.29, 0.717) is 31.2 Å². The highest BCUT2D eigenvalue weighted by atomic mass is 127. The Bertz CT molecular complexity index is 733. The lowest BCUT2D eigenvalue weighted by Crippen LogP contribution is -2.37. The van der Waals surface area contributed by atoms with Crippen molar-refractivity contribution in [1.29, 1.82) is 0 Å². The van der Waals surface area contributed by atoms with Crippen molar-refractivity contribution in [3.8, 4) is 0 Å². The van der Waals surface area contributed by atoms with Crippen molar-refractivity contribution in [1.82, 2.24) is 16.0 Å². The molecule has 0 unspecified atom stereocenters. The van der Waals surface area contributed by atoms with Gasteiger partial charge in [-0.05, 0) is 48.7 Å². The van der Waals surface area contributed by atoms with E-state index in [2.05, 4.69) is 20.9 Å². The summed E-state index contributed by atoms with van der Waals surface area (Å²) >= 11 is 0. The van der Waals surface area contributed by atoms with Crippen molar-refractivity contribution in [2.75, 3.05) is 20.1 Å². The summed E-state index contributed by atoms with van der Waals surface area (Å²) in [5, 5.41) is 9.24. The number of benzene rings is 2. The molecular weight excluding hydrogens is 458 g/mol. The van der Waals surface area contributed by atoms with Gasteiger partial charge < -0.3 is 16.0 Å². The van der Waals surface area contributed by atoms with Crippen molar-refractivity contribution in [2.45, 2.75) is 19.9 Å². The molecular formula is C20H26FIN4O. The van der Waals surface area contributed by atoms with Crippen LogP contribution in [0.25, 0.3) is 0 Å². The lowest BCUT2D eigenvalue weighted by Gasteiger charge is -2.12. The average molecular weight is 484 g/mol. The molecule has 2 rings (SSSR count). The molecule has 146 valence electrons. The SMILES string of the molecule is CCNC(=O)c1ccc(CNC(=NC)NCCc2ccc(F)cc2)cc1.I. The Morgan fingerprint density at radius 1 is 0.963 bits per heavy atom. The van der Waals surface area contributed by atoms with Gasteiger partial charge in [-0.1, -0.05) is 24.3 Å². The van der Waals surface area contributed by atoms with Gasteiger partial charge in [0.05, 0.1) is 0 Å². The molecule has 0 atom stereocenters. The second-order valence-electron chi connectivity index (χ2n) is 5.79. The third-order valence-electron chi connectivity index (χ3n) is 3.86. The van der Waals surface area contributed by atoms with Crippen LogP contribution >= 0.6 is 24.0 Å². The first-order valence-corrected chi connectivity index (χ1v) is 8.68. The van der Waals surface area contributed by atoms with Gasteiger partial charge in [-0.2, -0.15) is 0 Å². The maximum Gasteiger partial charge on any atom is 0.251 e. The molecule has 0 aliphatic rings. The van der Waals surface area contributed by atoms with Gasteiger partial charge in [-0.3, -0.25) is 9.79 Å².